The van der Waals surface area contributed by atoms with Crippen molar-refractivity contribution in [1.29, 1.82) is 0 Å². The zero-order chi connectivity index (χ0) is 13.9. The molecule has 1 heterocycles. The highest BCUT2D eigenvalue weighted by molar-refractivity contribution is 7.99. The molecule has 20 heavy (non-hydrogen) atoms. The number of aryl methyl sites for hydroxylation is 1. The third-order valence-electron chi connectivity index (χ3n) is 3.69. The van der Waals surface area contributed by atoms with Crippen molar-refractivity contribution in [1.82, 2.24) is 0 Å². The molecular formula is C17H19NOS. The van der Waals surface area contributed by atoms with Crippen LogP contribution in [0.2, 0.25) is 0 Å². The Labute approximate surface area is 124 Å². The lowest BCUT2D eigenvalue weighted by atomic mass is 9.95. The second kappa shape index (κ2) is 5.80. The third kappa shape index (κ3) is 2.78. The molecule has 3 rings (SSSR count). The SMILES string of the molecule is Cc1ccc(N)c(SCC2CCOc3ccccc32)c1. The number of hydrogen-bond donors (Lipinski definition) is 1. The molecule has 0 fully saturated rings. The molecule has 0 aliphatic carbocycles. The number of benzene rings is 2. The van der Waals surface area contributed by atoms with Crippen LogP contribution < -0.4 is 10.5 Å². The molecular weight excluding hydrogens is 266 g/mol. The van der Waals surface area contributed by atoms with Crippen molar-refractivity contribution in [3.63, 3.8) is 0 Å². The summed E-state index contributed by atoms with van der Waals surface area (Å²) in [5.41, 5.74) is 9.52. The van der Waals surface area contributed by atoms with E-state index in [0.717, 1.165) is 30.2 Å². The normalized spacial score (nSPS) is 17.4. The van der Waals surface area contributed by atoms with Gasteiger partial charge in [0.25, 0.3) is 0 Å². The molecule has 0 radical (unpaired) electrons. The van der Waals surface area contributed by atoms with Crippen LogP contribution in [-0.2, 0) is 0 Å². The molecule has 3 heteroatoms. The fourth-order valence-corrected chi connectivity index (χ4v) is 3.78. The summed E-state index contributed by atoms with van der Waals surface area (Å²) < 4.78 is 5.71. The number of nitrogen functional groups attached to an aromatic ring is 1. The highest BCUT2D eigenvalue weighted by Crippen LogP contribution is 2.38. The van der Waals surface area contributed by atoms with Crippen LogP contribution in [-0.4, -0.2) is 12.4 Å². The van der Waals surface area contributed by atoms with Crippen LogP contribution in [0.5, 0.6) is 5.75 Å². The Hall–Kier alpha value is -1.61. The van der Waals surface area contributed by atoms with Gasteiger partial charge in [0.15, 0.2) is 0 Å². The fourth-order valence-electron chi connectivity index (χ4n) is 2.55. The molecule has 0 bridgehead atoms. The van der Waals surface area contributed by atoms with E-state index in [9.17, 15) is 0 Å². The number of ether oxygens (including phenoxy) is 1. The summed E-state index contributed by atoms with van der Waals surface area (Å²) in [6, 6.07) is 14.6. The van der Waals surface area contributed by atoms with Gasteiger partial charge >= 0.3 is 0 Å². The molecule has 0 aromatic heterocycles. The largest absolute Gasteiger partial charge is 0.493 e. The van der Waals surface area contributed by atoms with Crippen molar-refractivity contribution in [3.8, 4) is 5.75 Å². The standard InChI is InChI=1S/C17H19NOS/c1-12-6-7-15(18)17(10-12)20-11-13-8-9-19-16-5-3-2-4-14(13)16/h2-7,10,13H,8-9,11,18H2,1H3. The molecule has 0 saturated carbocycles. The van der Waals surface area contributed by atoms with Gasteiger partial charge in [-0.1, -0.05) is 24.3 Å². The molecule has 1 atom stereocenters. The average Bonchev–Trinajstić information content (AvgIpc) is 2.48. The first-order valence-corrected chi connectivity index (χ1v) is 7.93. The summed E-state index contributed by atoms with van der Waals surface area (Å²) >= 11 is 1.85. The van der Waals surface area contributed by atoms with Gasteiger partial charge in [0.2, 0.25) is 0 Å². The number of fused-ring (bicyclic) bond motifs is 1. The van der Waals surface area contributed by atoms with E-state index in [1.165, 1.54) is 16.0 Å². The molecule has 2 nitrogen and oxygen atoms in total. The van der Waals surface area contributed by atoms with Crippen molar-refractivity contribution in [2.75, 3.05) is 18.1 Å². The molecule has 1 aliphatic heterocycles. The van der Waals surface area contributed by atoms with E-state index in [2.05, 4.69) is 37.3 Å². The van der Waals surface area contributed by atoms with E-state index in [0.29, 0.717) is 5.92 Å². The van der Waals surface area contributed by atoms with Gasteiger partial charge in [-0.3, -0.25) is 0 Å². The Kier molecular flexibility index (Phi) is 3.88. The Morgan fingerprint density at radius 1 is 1.25 bits per heavy atom. The number of nitrogens with two attached hydrogens (primary N) is 1. The predicted molar refractivity (Wildman–Crippen MR) is 85.6 cm³/mol. The number of rotatable bonds is 3. The topological polar surface area (TPSA) is 35.2 Å². The van der Waals surface area contributed by atoms with Crippen LogP contribution in [0.1, 0.15) is 23.5 Å². The van der Waals surface area contributed by atoms with E-state index in [1.54, 1.807) is 0 Å². The maximum absolute atomic E-state index is 6.05. The van der Waals surface area contributed by atoms with E-state index >= 15 is 0 Å². The molecule has 104 valence electrons. The highest BCUT2D eigenvalue weighted by atomic mass is 32.2. The molecule has 0 amide bonds. The van der Waals surface area contributed by atoms with Gasteiger partial charge in [0.1, 0.15) is 5.75 Å². The quantitative estimate of drug-likeness (QED) is 0.677. The van der Waals surface area contributed by atoms with E-state index in [-0.39, 0.29) is 0 Å². The maximum Gasteiger partial charge on any atom is 0.122 e. The number of para-hydroxylation sites is 1. The van der Waals surface area contributed by atoms with Gasteiger partial charge < -0.3 is 10.5 Å². The van der Waals surface area contributed by atoms with Gasteiger partial charge in [-0.25, -0.2) is 0 Å². The van der Waals surface area contributed by atoms with Crippen LogP contribution in [0, 0.1) is 6.92 Å². The number of thioether (sulfide) groups is 1. The van der Waals surface area contributed by atoms with Crippen molar-refractivity contribution in [3.05, 3.63) is 53.6 Å². The summed E-state index contributed by atoms with van der Waals surface area (Å²) in [5, 5.41) is 0. The second-order valence-electron chi connectivity index (χ2n) is 5.22. The first-order chi connectivity index (χ1) is 9.74. The molecule has 1 unspecified atom stereocenters. The van der Waals surface area contributed by atoms with Crippen LogP contribution in [0.15, 0.2) is 47.4 Å². The predicted octanol–water partition coefficient (Wildman–Crippen LogP) is 4.24. The maximum atomic E-state index is 6.05. The fraction of sp³-hybridized carbons (Fsp3) is 0.294. The minimum atomic E-state index is 0.546. The summed E-state index contributed by atoms with van der Waals surface area (Å²) in [4.78, 5) is 1.19. The Bertz CT molecular complexity index is 612. The van der Waals surface area contributed by atoms with Gasteiger partial charge in [-0.15, -0.1) is 11.8 Å². The van der Waals surface area contributed by atoms with Crippen molar-refractivity contribution in [2.24, 2.45) is 0 Å². The van der Waals surface area contributed by atoms with Gasteiger partial charge in [0.05, 0.1) is 6.61 Å². The first-order valence-electron chi connectivity index (χ1n) is 6.94. The molecule has 1 aliphatic rings. The highest BCUT2D eigenvalue weighted by Gasteiger charge is 2.21. The van der Waals surface area contributed by atoms with E-state index in [1.807, 2.05) is 23.9 Å². The minimum absolute atomic E-state index is 0.546. The van der Waals surface area contributed by atoms with Crippen LogP contribution >= 0.6 is 11.8 Å². The summed E-state index contributed by atoms with van der Waals surface area (Å²) in [6.07, 6.45) is 1.08. The van der Waals surface area contributed by atoms with Crippen molar-refractivity contribution in [2.45, 2.75) is 24.2 Å². The molecule has 2 aromatic rings. The zero-order valence-electron chi connectivity index (χ0n) is 11.6. The van der Waals surface area contributed by atoms with Crippen molar-refractivity contribution < 1.29 is 4.74 Å². The van der Waals surface area contributed by atoms with Crippen molar-refractivity contribution >= 4 is 17.4 Å². The summed E-state index contributed by atoms with van der Waals surface area (Å²) in [5.74, 6) is 2.64. The second-order valence-corrected chi connectivity index (χ2v) is 6.29. The van der Waals surface area contributed by atoms with Crippen LogP contribution in [0.3, 0.4) is 0 Å². The average molecular weight is 285 g/mol. The third-order valence-corrected chi connectivity index (χ3v) is 4.93. The van der Waals surface area contributed by atoms with Crippen LogP contribution in [0.4, 0.5) is 5.69 Å². The molecule has 2 N–H and O–H groups in total. The molecule has 0 saturated heterocycles. The molecule has 2 aromatic carbocycles. The van der Waals surface area contributed by atoms with Gasteiger partial charge in [0, 0.05) is 22.3 Å². The minimum Gasteiger partial charge on any atom is -0.493 e. The van der Waals surface area contributed by atoms with Gasteiger partial charge in [-0.2, -0.15) is 0 Å². The number of hydrogen-bond acceptors (Lipinski definition) is 3. The first kappa shape index (κ1) is 13.4. The smallest absolute Gasteiger partial charge is 0.122 e. The lowest BCUT2D eigenvalue weighted by Crippen LogP contribution is -2.15. The Morgan fingerprint density at radius 3 is 3.00 bits per heavy atom. The summed E-state index contributed by atoms with van der Waals surface area (Å²) in [7, 11) is 0. The lowest BCUT2D eigenvalue weighted by molar-refractivity contribution is 0.273. The monoisotopic (exact) mass is 285 g/mol. The number of anilines is 1. The Balaban J connectivity index is 1.75. The van der Waals surface area contributed by atoms with Crippen LogP contribution in [0.25, 0.3) is 0 Å². The molecule has 0 spiro atoms. The lowest BCUT2D eigenvalue weighted by Gasteiger charge is -2.25. The van der Waals surface area contributed by atoms with E-state index in [4.69, 9.17) is 10.5 Å². The Morgan fingerprint density at radius 2 is 2.10 bits per heavy atom. The summed E-state index contributed by atoms with van der Waals surface area (Å²) in [6.45, 7) is 2.92. The zero-order valence-corrected chi connectivity index (χ0v) is 12.5. The van der Waals surface area contributed by atoms with Gasteiger partial charge in [-0.05, 0) is 42.7 Å². The van der Waals surface area contributed by atoms with E-state index < -0.39 is 0 Å².